The normalized spacial score (nSPS) is 11.6. The number of rotatable bonds is 7. The largest absolute Gasteiger partial charge is 0.342 e. The van der Waals surface area contributed by atoms with E-state index in [2.05, 4.69) is 183 Å². The lowest BCUT2D eigenvalue weighted by Gasteiger charge is -2.08. The van der Waals surface area contributed by atoms with Gasteiger partial charge in [-0.05, 0) is 99.7 Å². The molecule has 0 atom stereocenters. The van der Waals surface area contributed by atoms with Crippen molar-refractivity contribution in [2.24, 2.45) is 0 Å². The number of imidazole rings is 2. The van der Waals surface area contributed by atoms with E-state index in [1.54, 1.807) is 0 Å². The minimum atomic E-state index is 0.410. The van der Waals surface area contributed by atoms with Gasteiger partial charge in [-0.15, -0.1) is 11.3 Å². The van der Waals surface area contributed by atoms with Crippen molar-refractivity contribution < 1.29 is 0 Å². The van der Waals surface area contributed by atoms with E-state index in [0.29, 0.717) is 17.8 Å². The number of nitrogens with one attached hydrogen (secondary N) is 2. The Bertz CT molecular complexity index is 2390. The van der Waals surface area contributed by atoms with Gasteiger partial charge in [-0.1, -0.05) is 126 Å². The number of H-pyrrole nitrogens is 2. The SMILES string of the molecule is CC(C)c1ccc(-c2ccc(-c3ccc4nc(C(C)C)[nH]c4c3)s2)cc1.Cc1nc2ccc(-c3ccc(-c4ccc(C(C)C)cc4)cc3)cc2[nH]1. The predicted octanol–water partition coefficient (Wildman–Crippen LogP) is 13.5. The Morgan fingerprint density at radius 2 is 0.863 bits per heavy atom. The first-order valence-electron chi connectivity index (χ1n) is 18.0. The molecule has 0 aliphatic rings. The van der Waals surface area contributed by atoms with Gasteiger partial charge in [-0.2, -0.15) is 0 Å². The molecule has 0 bridgehead atoms. The average Bonchev–Trinajstić information content (AvgIpc) is 3.89. The second kappa shape index (κ2) is 14.5. The van der Waals surface area contributed by atoms with Gasteiger partial charge in [0.2, 0.25) is 0 Å². The van der Waals surface area contributed by atoms with Gasteiger partial charge in [-0.3, -0.25) is 0 Å². The zero-order chi connectivity index (χ0) is 35.6. The number of hydrogen-bond acceptors (Lipinski definition) is 3. The molecule has 0 aliphatic carbocycles. The minimum Gasteiger partial charge on any atom is -0.342 e. The smallest absolute Gasteiger partial charge is 0.109 e. The lowest BCUT2D eigenvalue weighted by atomic mass is 9.97. The Balaban J connectivity index is 0.000000159. The summed E-state index contributed by atoms with van der Waals surface area (Å²) in [7, 11) is 0. The van der Waals surface area contributed by atoms with Gasteiger partial charge in [0.05, 0.1) is 22.1 Å². The van der Waals surface area contributed by atoms with E-state index in [-0.39, 0.29) is 0 Å². The Hall–Kier alpha value is -5.26. The highest BCUT2D eigenvalue weighted by Gasteiger charge is 2.11. The molecular weight excluding hydrogens is 641 g/mol. The van der Waals surface area contributed by atoms with Gasteiger partial charge in [0, 0.05) is 15.7 Å². The molecule has 8 rings (SSSR count). The number of benzene rings is 5. The van der Waals surface area contributed by atoms with E-state index >= 15 is 0 Å². The van der Waals surface area contributed by atoms with E-state index in [0.717, 1.165) is 33.7 Å². The molecule has 4 nitrogen and oxygen atoms in total. The number of hydrogen-bond donors (Lipinski definition) is 2. The number of thiophene rings is 1. The average molecular weight is 687 g/mol. The van der Waals surface area contributed by atoms with Crippen LogP contribution in [-0.2, 0) is 0 Å². The first kappa shape index (κ1) is 34.2. The van der Waals surface area contributed by atoms with Gasteiger partial charge in [0.25, 0.3) is 0 Å². The van der Waals surface area contributed by atoms with Gasteiger partial charge >= 0.3 is 0 Å². The van der Waals surface area contributed by atoms with Crippen LogP contribution in [0, 0.1) is 6.92 Å². The van der Waals surface area contributed by atoms with Gasteiger partial charge in [0.1, 0.15) is 11.6 Å². The van der Waals surface area contributed by atoms with Crippen LogP contribution in [0.1, 0.15) is 82.1 Å². The third-order valence-corrected chi connectivity index (χ3v) is 10.7. The molecule has 0 aliphatic heterocycles. The van der Waals surface area contributed by atoms with Crippen molar-refractivity contribution in [2.75, 3.05) is 0 Å². The fourth-order valence-electron chi connectivity index (χ4n) is 6.37. The highest BCUT2D eigenvalue weighted by atomic mass is 32.1. The van der Waals surface area contributed by atoms with E-state index in [1.165, 1.54) is 54.3 Å². The Morgan fingerprint density at radius 1 is 0.431 bits per heavy atom. The van der Waals surface area contributed by atoms with Crippen molar-refractivity contribution in [1.29, 1.82) is 0 Å². The van der Waals surface area contributed by atoms with E-state index in [4.69, 9.17) is 0 Å². The molecule has 0 unspecified atom stereocenters. The van der Waals surface area contributed by atoms with Crippen LogP contribution in [0.2, 0.25) is 0 Å². The van der Waals surface area contributed by atoms with Crippen LogP contribution in [-0.4, -0.2) is 19.9 Å². The van der Waals surface area contributed by atoms with Crippen molar-refractivity contribution >= 4 is 33.4 Å². The quantitative estimate of drug-likeness (QED) is 0.175. The summed E-state index contributed by atoms with van der Waals surface area (Å²) in [5, 5.41) is 0. The predicted molar refractivity (Wildman–Crippen MR) is 219 cm³/mol. The van der Waals surface area contributed by atoms with Crippen molar-refractivity contribution in [2.45, 2.75) is 66.2 Å². The summed E-state index contributed by atoms with van der Waals surface area (Å²) in [6, 6.07) is 43.9. The number of aryl methyl sites for hydroxylation is 1. The topological polar surface area (TPSA) is 57.4 Å². The van der Waals surface area contributed by atoms with Gasteiger partial charge in [0.15, 0.2) is 0 Å². The number of nitrogens with zero attached hydrogens (tertiary/aromatic N) is 2. The zero-order valence-electron chi connectivity index (χ0n) is 30.6. The van der Waals surface area contributed by atoms with E-state index in [9.17, 15) is 0 Å². The van der Waals surface area contributed by atoms with Gasteiger partial charge < -0.3 is 9.97 Å². The highest BCUT2D eigenvalue weighted by Crippen LogP contribution is 2.36. The van der Waals surface area contributed by atoms with E-state index in [1.807, 2.05) is 18.3 Å². The van der Waals surface area contributed by atoms with E-state index < -0.39 is 0 Å². The lowest BCUT2D eigenvalue weighted by molar-refractivity contribution is 0.799. The van der Waals surface area contributed by atoms with Crippen LogP contribution in [0.15, 0.2) is 121 Å². The maximum Gasteiger partial charge on any atom is 0.109 e. The second-order valence-electron chi connectivity index (χ2n) is 14.4. The van der Waals surface area contributed by atoms with Crippen molar-refractivity contribution in [3.05, 3.63) is 144 Å². The Labute approximate surface area is 305 Å². The summed E-state index contributed by atoms with van der Waals surface area (Å²) in [4.78, 5) is 18.5. The summed E-state index contributed by atoms with van der Waals surface area (Å²) >= 11 is 1.84. The molecule has 2 N–H and O–H groups in total. The van der Waals surface area contributed by atoms with Crippen molar-refractivity contribution in [3.8, 4) is 43.1 Å². The first-order chi connectivity index (χ1) is 24.6. The fourth-order valence-corrected chi connectivity index (χ4v) is 7.38. The van der Waals surface area contributed by atoms with Crippen molar-refractivity contribution in [3.63, 3.8) is 0 Å². The summed E-state index contributed by atoms with van der Waals surface area (Å²) in [5.74, 6) is 3.55. The van der Waals surface area contributed by atoms with Crippen LogP contribution >= 0.6 is 11.3 Å². The molecule has 5 heteroatoms. The molecule has 0 spiro atoms. The Morgan fingerprint density at radius 3 is 1.43 bits per heavy atom. The molecule has 3 aromatic heterocycles. The fraction of sp³-hybridized carbons (Fsp3) is 0.217. The second-order valence-corrected chi connectivity index (χ2v) is 15.4. The lowest BCUT2D eigenvalue weighted by Crippen LogP contribution is -1.88. The summed E-state index contributed by atoms with van der Waals surface area (Å²) in [5.41, 5.74) is 14.5. The molecule has 5 aromatic carbocycles. The molecule has 0 fully saturated rings. The van der Waals surface area contributed by atoms with Crippen LogP contribution in [0.3, 0.4) is 0 Å². The minimum absolute atomic E-state index is 0.410. The van der Waals surface area contributed by atoms with Crippen LogP contribution in [0.25, 0.3) is 65.2 Å². The summed E-state index contributed by atoms with van der Waals surface area (Å²) in [6.45, 7) is 15.2. The zero-order valence-corrected chi connectivity index (χ0v) is 31.4. The monoisotopic (exact) mass is 686 g/mol. The van der Waals surface area contributed by atoms with Gasteiger partial charge in [-0.25, -0.2) is 9.97 Å². The standard InChI is InChI=1S/C23H24N2S.C23H22N2/c1-14(2)16-5-7-17(8-6-16)21-11-12-22(26-21)18-9-10-19-20(13-18)25-23(24-19)15(3)4;1-15(2)17-4-6-18(7-5-17)19-8-10-20(11-9-19)21-12-13-22-23(14-21)25-16(3)24-22/h5-15H,1-4H3,(H,24,25);4-15H,1-3H3,(H,24,25). The highest BCUT2D eigenvalue weighted by molar-refractivity contribution is 7.18. The Kier molecular flexibility index (Phi) is 9.75. The maximum absolute atomic E-state index is 4.67. The molecular formula is C46H46N4S. The number of aromatic nitrogens is 4. The molecule has 0 saturated carbocycles. The molecule has 0 saturated heterocycles. The van der Waals surface area contributed by atoms with Crippen LogP contribution in [0.4, 0.5) is 0 Å². The molecule has 256 valence electrons. The number of fused-ring (bicyclic) bond motifs is 2. The molecule has 0 amide bonds. The third-order valence-electron chi connectivity index (χ3n) is 9.53. The summed E-state index contributed by atoms with van der Waals surface area (Å²) < 4.78 is 0. The van der Waals surface area contributed by atoms with Crippen molar-refractivity contribution in [1.82, 2.24) is 19.9 Å². The maximum atomic E-state index is 4.67. The molecule has 3 heterocycles. The number of aromatic amines is 2. The van der Waals surface area contributed by atoms with Crippen LogP contribution in [0.5, 0.6) is 0 Å². The molecule has 51 heavy (non-hydrogen) atoms. The van der Waals surface area contributed by atoms with Crippen LogP contribution < -0.4 is 0 Å². The molecule has 0 radical (unpaired) electrons. The molecule has 8 aromatic rings. The summed E-state index contributed by atoms with van der Waals surface area (Å²) in [6.07, 6.45) is 0. The third kappa shape index (κ3) is 7.59. The first-order valence-corrected chi connectivity index (χ1v) is 18.8.